The molecule has 0 saturated heterocycles. The van der Waals surface area contributed by atoms with E-state index in [9.17, 15) is 0 Å². The molecule has 9 aromatic rings. The van der Waals surface area contributed by atoms with Crippen LogP contribution in [0, 0.1) is 0 Å². The minimum atomic E-state index is -0.0441. The molecule has 8 aromatic carbocycles. The Bertz CT molecular complexity index is 3270. The summed E-state index contributed by atoms with van der Waals surface area (Å²) in [5.74, 6) is 0.606. The third kappa shape index (κ3) is 6.38. The van der Waals surface area contributed by atoms with Crippen LogP contribution >= 0.6 is 0 Å². The van der Waals surface area contributed by atoms with Crippen LogP contribution in [0.2, 0.25) is 0 Å². The Labute approximate surface area is 370 Å². The standard InChI is InChI=1S/C61H51NO/c1-61(2)55-23-9-6-18-49(55)50-36-30-45(39-56(50)61)41-28-34-47(35-29-41)62(46-32-26-40(27-33-46)44-31-37-59-54(38-44)52-20-8-11-25-58(52)63-59)57-24-10-7-19-51(57)53-22-13-17-43-16-12-21-48(60(43)53)42-14-4-3-5-15-42/h6,8-9,11-13,16-39,42H,3-5,7,10,14-15H2,1-2H3. The summed E-state index contributed by atoms with van der Waals surface area (Å²) in [4.78, 5) is 2.51. The Kier molecular flexibility index (Phi) is 9.11. The number of hydrogen-bond acceptors (Lipinski definition) is 2. The van der Waals surface area contributed by atoms with E-state index in [1.54, 1.807) is 0 Å². The molecule has 2 heteroatoms. The molecule has 63 heavy (non-hydrogen) atoms. The van der Waals surface area contributed by atoms with Gasteiger partial charge in [-0.3, -0.25) is 0 Å². The first-order valence-electron chi connectivity index (χ1n) is 23.1. The van der Waals surface area contributed by atoms with E-state index in [4.69, 9.17) is 4.42 Å². The lowest BCUT2D eigenvalue weighted by molar-refractivity contribution is 0.445. The van der Waals surface area contributed by atoms with Crippen LogP contribution < -0.4 is 4.90 Å². The second kappa shape index (κ2) is 15.2. The Morgan fingerprint density at radius 3 is 1.90 bits per heavy atom. The molecule has 3 aliphatic rings. The maximum absolute atomic E-state index is 6.19. The predicted molar refractivity (Wildman–Crippen MR) is 266 cm³/mol. The highest BCUT2D eigenvalue weighted by molar-refractivity contribution is 6.06. The second-order valence-corrected chi connectivity index (χ2v) is 18.5. The molecule has 0 N–H and O–H groups in total. The van der Waals surface area contributed by atoms with Crippen LogP contribution in [0.25, 0.3) is 71.7 Å². The van der Waals surface area contributed by atoms with E-state index in [1.165, 1.54) is 110 Å². The number of nitrogens with zero attached hydrogens (tertiary/aromatic N) is 1. The van der Waals surface area contributed by atoms with Crippen LogP contribution in [-0.2, 0) is 5.41 Å². The first-order chi connectivity index (χ1) is 31.0. The summed E-state index contributed by atoms with van der Waals surface area (Å²) in [6, 6.07) is 63.4. The normalized spacial score (nSPS) is 15.9. The molecule has 3 aliphatic carbocycles. The van der Waals surface area contributed by atoms with Crippen LogP contribution in [0.3, 0.4) is 0 Å². The van der Waals surface area contributed by atoms with Gasteiger partial charge in [-0.15, -0.1) is 0 Å². The van der Waals surface area contributed by atoms with E-state index >= 15 is 0 Å². The minimum absolute atomic E-state index is 0.0441. The summed E-state index contributed by atoms with van der Waals surface area (Å²) in [5.41, 5.74) is 19.9. The first-order valence-corrected chi connectivity index (χ1v) is 23.1. The lowest BCUT2D eigenvalue weighted by Crippen LogP contribution is -2.19. The van der Waals surface area contributed by atoms with Gasteiger partial charge in [-0.1, -0.05) is 167 Å². The number of fused-ring (bicyclic) bond motifs is 7. The number of benzene rings is 8. The third-order valence-corrected chi connectivity index (χ3v) is 14.5. The monoisotopic (exact) mass is 813 g/mol. The summed E-state index contributed by atoms with van der Waals surface area (Å²) in [7, 11) is 0. The highest BCUT2D eigenvalue weighted by atomic mass is 16.3. The maximum atomic E-state index is 6.19. The summed E-state index contributed by atoms with van der Waals surface area (Å²) in [6.45, 7) is 4.73. The SMILES string of the molecule is CC1(C)c2ccccc2-c2ccc(-c3ccc(N(C4=CCCC=C4c4cccc5cccc(C6CCCCC6)c45)c4ccc(-c5ccc6oc7ccccc7c6c5)cc4)cc3)cc21. The maximum Gasteiger partial charge on any atom is 0.135 e. The largest absolute Gasteiger partial charge is 0.456 e. The van der Waals surface area contributed by atoms with Crippen molar-refractivity contribution in [2.45, 2.75) is 70.1 Å². The van der Waals surface area contributed by atoms with Crippen molar-refractivity contribution in [2.75, 3.05) is 4.90 Å². The Morgan fingerprint density at radius 1 is 0.492 bits per heavy atom. The molecule has 12 rings (SSSR count). The van der Waals surface area contributed by atoms with E-state index in [0.717, 1.165) is 46.2 Å². The van der Waals surface area contributed by atoms with Gasteiger partial charge in [0.15, 0.2) is 0 Å². The van der Waals surface area contributed by atoms with Gasteiger partial charge in [0.05, 0.1) is 0 Å². The molecule has 0 atom stereocenters. The van der Waals surface area contributed by atoms with E-state index in [1.807, 2.05) is 12.1 Å². The van der Waals surface area contributed by atoms with Crippen LogP contribution in [0.15, 0.2) is 192 Å². The van der Waals surface area contributed by atoms with Crippen molar-refractivity contribution in [1.82, 2.24) is 0 Å². The van der Waals surface area contributed by atoms with Gasteiger partial charge in [0.25, 0.3) is 0 Å². The van der Waals surface area contributed by atoms with Crippen molar-refractivity contribution >= 4 is 49.7 Å². The number of allylic oxidation sites excluding steroid dienone is 3. The number of anilines is 2. The molecule has 0 aliphatic heterocycles. The van der Waals surface area contributed by atoms with Gasteiger partial charge >= 0.3 is 0 Å². The van der Waals surface area contributed by atoms with E-state index < -0.39 is 0 Å². The molecule has 1 saturated carbocycles. The van der Waals surface area contributed by atoms with Crippen molar-refractivity contribution in [3.63, 3.8) is 0 Å². The fourth-order valence-electron chi connectivity index (χ4n) is 11.3. The topological polar surface area (TPSA) is 16.4 Å². The molecule has 306 valence electrons. The molecule has 0 radical (unpaired) electrons. The zero-order valence-corrected chi connectivity index (χ0v) is 36.2. The van der Waals surface area contributed by atoms with Gasteiger partial charge in [0.2, 0.25) is 0 Å². The summed E-state index contributed by atoms with van der Waals surface area (Å²) in [5, 5.41) is 5.07. The van der Waals surface area contributed by atoms with Crippen molar-refractivity contribution in [3.8, 4) is 33.4 Å². The summed E-state index contributed by atoms with van der Waals surface area (Å²) in [6.07, 6.45) is 13.6. The van der Waals surface area contributed by atoms with Gasteiger partial charge in [0, 0.05) is 38.8 Å². The quantitative estimate of drug-likeness (QED) is 0.159. The zero-order chi connectivity index (χ0) is 42.1. The Hall–Kier alpha value is -6.90. The number of furan rings is 1. The van der Waals surface area contributed by atoms with Gasteiger partial charge in [-0.05, 0) is 147 Å². The van der Waals surface area contributed by atoms with E-state index in [-0.39, 0.29) is 5.41 Å². The van der Waals surface area contributed by atoms with Crippen molar-refractivity contribution in [2.24, 2.45) is 0 Å². The molecule has 0 unspecified atom stereocenters. The van der Waals surface area contributed by atoms with Crippen molar-refractivity contribution in [3.05, 3.63) is 210 Å². The lowest BCUT2D eigenvalue weighted by Gasteiger charge is -2.32. The Balaban J connectivity index is 0.962. The van der Waals surface area contributed by atoms with Gasteiger partial charge in [-0.25, -0.2) is 0 Å². The summed E-state index contributed by atoms with van der Waals surface area (Å²) < 4.78 is 6.19. The first kappa shape index (κ1) is 37.8. The van der Waals surface area contributed by atoms with Crippen LogP contribution in [-0.4, -0.2) is 0 Å². The lowest BCUT2D eigenvalue weighted by atomic mass is 9.80. The van der Waals surface area contributed by atoms with Crippen LogP contribution in [0.4, 0.5) is 11.4 Å². The molecule has 1 aromatic heterocycles. The zero-order valence-electron chi connectivity index (χ0n) is 36.2. The fourth-order valence-corrected chi connectivity index (χ4v) is 11.3. The van der Waals surface area contributed by atoms with Gasteiger partial charge < -0.3 is 9.32 Å². The van der Waals surface area contributed by atoms with Crippen LogP contribution in [0.1, 0.15) is 87.0 Å². The smallest absolute Gasteiger partial charge is 0.135 e. The minimum Gasteiger partial charge on any atom is -0.456 e. The number of rotatable bonds is 7. The third-order valence-electron chi connectivity index (χ3n) is 14.5. The molecule has 1 fully saturated rings. The van der Waals surface area contributed by atoms with E-state index in [2.05, 4.69) is 189 Å². The number of para-hydroxylation sites is 1. The molecule has 0 bridgehead atoms. The predicted octanol–water partition coefficient (Wildman–Crippen LogP) is 17.3. The Morgan fingerprint density at radius 2 is 1.11 bits per heavy atom. The van der Waals surface area contributed by atoms with Gasteiger partial charge in [-0.2, -0.15) is 0 Å². The molecule has 0 spiro atoms. The average molecular weight is 814 g/mol. The molecule has 0 amide bonds. The fraction of sp³-hybridized carbons (Fsp3) is 0.180. The van der Waals surface area contributed by atoms with Crippen molar-refractivity contribution < 1.29 is 4.42 Å². The summed E-state index contributed by atoms with van der Waals surface area (Å²) >= 11 is 0. The van der Waals surface area contributed by atoms with Crippen LogP contribution in [0.5, 0.6) is 0 Å². The van der Waals surface area contributed by atoms with Crippen molar-refractivity contribution in [1.29, 1.82) is 0 Å². The molecular formula is C61H51NO. The molecule has 1 heterocycles. The molecular weight excluding hydrogens is 763 g/mol. The molecule has 2 nitrogen and oxygen atoms in total. The highest BCUT2D eigenvalue weighted by Gasteiger charge is 2.35. The second-order valence-electron chi connectivity index (χ2n) is 18.5. The van der Waals surface area contributed by atoms with E-state index in [0.29, 0.717) is 5.92 Å². The number of hydrogen-bond donors (Lipinski definition) is 0. The highest BCUT2D eigenvalue weighted by Crippen LogP contribution is 2.50. The average Bonchev–Trinajstić information content (AvgIpc) is 3.83. The van der Waals surface area contributed by atoms with Gasteiger partial charge in [0.1, 0.15) is 11.2 Å².